The van der Waals surface area contributed by atoms with E-state index in [1.807, 2.05) is 6.07 Å². The summed E-state index contributed by atoms with van der Waals surface area (Å²) in [6, 6.07) is 11.1. The van der Waals surface area contributed by atoms with Crippen molar-refractivity contribution in [3.63, 3.8) is 0 Å². The number of anilines is 1. The maximum Gasteiger partial charge on any atom is 0.326 e. The van der Waals surface area contributed by atoms with Crippen LogP contribution in [0.4, 0.5) is 10.5 Å². The van der Waals surface area contributed by atoms with Gasteiger partial charge in [-0.25, -0.2) is 4.79 Å². The van der Waals surface area contributed by atoms with Crippen LogP contribution in [0.1, 0.15) is 22.3 Å². The van der Waals surface area contributed by atoms with Gasteiger partial charge in [-0.3, -0.25) is 10.1 Å². The molecule has 1 aliphatic carbocycles. The monoisotopic (exact) mass is 426 g/mol. The van der Waals surface area contributed by atoms with Gasteiger partial charge in [0, 0.05) is 17.2 Å². The molecule has 3 amide bonds. The van der Waals surface area contributed by atoms with Crippen molar-refractivity contribution in [2.75, 3.05) is 11.9 Å². The molecule has 2 N–H and O–H groups in total. The Morgan fingerprint density at radius 2 is 1.93 bits per heavy atom. The van der Waals surface area contributed by atoms with E-state index in [1.165, 1.54) is 6.07 Å². The summed E-state index contributed by atoms with van der Waals surface area (Å²) in [5, 5.41) is 5.18. The molecule has 1 unspecified atom stereocenters. The van der Waals surface area contributed by atoms with E-state index in [2.05, 4.69) is 10.6 Å². The minimum Gasteiger partial charge on any atom is -0.492 e. The molecule has 1 saturated carbocycles. The van der Waals surface area contributed by atoms with Crippen LogP contribution >= 0.6 is 34.8 Å². The number of imide groups is 1. The number of hydrogen-bond donors (Lipinski definition) is 2. The van der Waals surface area contributed by atoms with E-state index >= 15 is 0 Å². The lowest BCUT2D eigenvalue weighted by Gasteiger charge is -2.11. The molecule has 1 aliphatic rings. The van der Waals surface area contributed by atoms with Gasteiger partial charge in [-0.1, -0.05) is 29.8 Å². The van der Waals surface area contributed by atoms with Crippen molar-refractivity contribution in [2.45, 2.75) is 17.7 Å². The fourth-order valence-corrected chi connectivity index (χ4v) is 3.23. The normalized spacial score (nSPS) is 17.1. The third-order valence-electron chi connectivity index (χ3n) is 4.20. The number of benzene rings is 2. The van der Waals surface area contributed by atoms with Gasteiger partial charge in [0.15, 0.2) is 0 Å². The number of urea groups is 1. The first-order chi connectivity index (χ1) is 12.8. The van der Waals surface area contributed by atoms with Crippen molar-refractivity contribution in [1.29, 1.82) is 0 Å². The third-order valence-corrected chi connectivity index (χ3v) is 5.42. The Balaban J connectivity index is 1.55. The summed E-state index contributed by atoms with van der Waals surface area (Å²) < 4.78 is 4.90. The highest BCUT2D eigenvalue weighted by Gasteiger charge is 2.52. The summed E-state index contributed by atoms with van der Waals surface area (Å²) in [6.45, 7) is 2.16. The van der Waals surface area contributed by atoms with Gasteiger partial charge in [-0.15, -0.1) is 23.2 Å². The maximum atomic E-state index is 12.2. The molecule has 5 nitrogen and oxygen atoms in total. The minimum absolute atomic E-state index is 0.0768. The number of halogens is 3. The van der Waals surface area contributed by atoms with E-state index in [-0.39, 0.29) is 5.92 Å². The predicted molar refractivity (Wildman–Crippen MR) is 107 cm³/mol. The average molecular weight is 428 g/mol. The van der Waals surface area contributed by atoms with Crippen LogP contribution in [0.15, 0.2) is 42.5 Å². The number of nitrogens with one attached hydrogen (secondary N) is 2. The van der Waals surface area contributed by atoms with Crippen LogP contribution in [0.3, 0.4) is 0 Å². The molecule has 0 bridgehead atoms. The molecule has 0 spiro atoms. The highest BCUT2D eigenvalue weighted by Crippen LogP contribution is 2.53. The van der Waals surface area contributed by atoms with Crippen LogP contribution in [0, 0.1) is 12.8 Å². The van der Waals surface area contributed by atoms with Gasteiger partial charge in [-0.2, -0.15) is 0 Å². The summed E-state index contributed by atoms with van der Waals surface area (Å²) in [5.41, 5.74) is 1.64. The Morgan fingerprint density at radius 3 is 2.56 bits per heavy atom. The van der Waals surface area contributed by atoms with Crippen LogP contribution < -0.4 is 15.4 Å². The lowest BCUT2D eigenvalue weighted by molar-refractivity contribution is 0.0966. The van der Waals surface area contributed by atoms with Gasteiger partial charge < -0.3 is 10.1 Å². The Hall–Kier alpha value is -1.95. The zero-order valence-corrected chi connectivity index (χ0v) is 16.7. The summed E-state index contributed by atoms with van der Waals surface area (Å²) in [6.07, 6.45) is 0.683. The average Bonchev–Trinajstić information content (AvgIpc) is 3.21. The second-order valence-corrected chi connectivity index (χ2v) is 8.29. The first kappa shape index (κ1) is 19.8. The molecule has 1 atom stereocenters. The number of carbonyl (C=O) groups excluding carboxylic acids is 2. The molecule has 0 aromatic heterocycles. The lowest BCUT2D eigenvalue weighted by atomic mass is 10.1. The van der Waals surface area contributed by atoms with Crippen molar-refractivity contribution >= 4 is 52.4 Å². The largest absolute Gasteiger partial charge is 0.492 e. The standard InChI is InChI=1S/C19H17Cl3N2O3/c1-11-4-2-3-5-14(11)17(25)24-18(26)23-13-6-7-16(15(20)8-13)27-10-12-9-19(12,21)22/h2-8,12H,9-10H2,1H3,(H2,23,24,25,26). The first-order valence-electron chi connectivity index (χ1n) is 8.24. The van der Waals surface area contributed by atoms with Gasteiger partial charge in [-0.05, 0) is 43.2 Å². The second kappa shape index (κ2) is 7.97. The lowest BCUT2D eigenvalue weighted by Crippen LogP contribution is -2.34. The molecule has 1 fully saturated rings. The molecule has 2 aromatic rings. The van der Waals surface area contributed by atoms with Crippen molar-refractivity contribution < 1.29 is 14.3 Å². The smallest absolute Gasteiger partial charge is 0.326 e. The Morgan fingerprint density at radius 1 is 1.22 bits per heavy atom. The van der Waals surface area contributed by atoms with Gasteiger partial charge in [0.05, 0.1) is 11.6 Å². The SMILES string of the molecule is Cc1ccccc1C(=O)NC(=O)Nc1ccc(OCC2CC2(Cl)Cl)c(Cl)c1. The molecule has 8 heteroatoms. The van der Waals surface area contributed by atoms with Crippen molar-refractivity contribution in [3.05, 3.63) is 58.6 Å². The van der Waals surface area contributed by atoms with Gasteiger partial charge in [0.25, 0.3) is 5.91 Å². The fourth-order valence-electron chi connectivity index (χ4n) is 2.50. The minimum atomic E-state index is -0.713. The zero-order valence-electron chi connectivity index (χ0n) is 14.4. The quantitative estimate of drug-likeness (QED) is 0.646. The molecule has 27 heavy (non-hydrogen) atoms. The summed E-state index contributed by atoms with van der Waals surface area (Å²) in [7, 11) is 0. The molecule has 3 rings (SSSR count). The number of carbonyl (C=O) groups is 2. The summed E-state index contributed by atoms with van der Waals surface area (Å²) in [5.74, 6) is 0.0642. The molecule has 142 valence electrons. The fraction of sp³-hybridized carbons (Fsp3) is 0.263. The molecule has 2 aromatic carbocycles. The number of rotatable bonds is 5. The molecule has 0 aliphatic heterocycles. The van der Waals surface area contributed by atoms with E-state index in [1.54, 1.807) is 37.3 Å². The number of alkyl halides is 2. The molecule has 0 heterocycles. The predicted octanol–water partition coefficient (Wildman–Crippen LogP) is 5.18. The molecule has 0 saturated heterocycles. The van der Waals surface area contributed by atoms with E-state index < -0.39 is 16.3 Å². The van der Waals surface area contributed by atoms with Crippen LogP contribution in [0.25, 0.3) is 0 Å². The highest BCUT2D eigenvalue weighted by atomic mass is 35.5. The van der Waals surface area contributed by atoms with Gasteiger partial charge >= 0.3 is 6.03 Å². The van der Waals surface area contributed by atoms with E-state index in [0.717, 1.165) is 5.56 Å². The van der Waals surface area contributed by atoms with Crippen LogP contribution in [0.2, 0.25) is 5.02 Å². The number of amides is 3. The summed E-state index contributed by atoms with van der Waals surface area (Å²) in [4.78, 5) is 24.2. The molecular weight excluding hydrogens is 411 g/mol. The van der Waals surface area contributed by atoms with Gasteiger partial charge in [0.1, 0.15) is 10.1 Å². The molecular formula is C19H17Cl3N2O3. The van der Waals surface area contributed by atoms with E-state index in [0.29, 0.717) is 35.1 Å². The third kappa shape index (κ3) is 5.06. The van der Waals surface area contributed by atoms with E-state index in [9.17, 15) is 9.59 Å². The Labute approximate surface area is 171 Å². The number of aryl methyl sites for hydroxylation is 1. The first-order valence-corrected chi connectivity index (χ1v) is 9.38. The number of hydrogen-bond acceptors (Lipinski definition) is 3. The Kier molecular flexibility index (Phi) is 5.84. The zero-order chi connectivity index (χ0) is 19.6. The van der Waals surface area contributed by atoms with Gasteiger partial charge in [0.2, 0.25) is 0 Å². The van der Waals surface area contributed by atoms with Crippen LogP contribution in [-0.4, -0.2) is 22.9 Å². The van der Waals surface area contributed by atoms with Crippen LogP contribution in [0.5, 0.6) is 5.75 Å². The van der Waals surface area contributed by atoms with Crippen LogP contribution in [-0.2, 0) is 0 Å². The maximum absolute atomic E-state index is 12.2. The van der Waals surface area contributed by atoms with Crippen molar-refractivity contribution in [3.8, 4) is 5.75 Å². The Bertz CT molecular complexity index is 886. The van der Waals surface area contributed by atoms with Crippen molar-refractivity contribution in [1.82, 2.24) is 5.32 Å². The summed E-state index contributed by atoms with van der Waals surface area (Å²) >= 11 is 18.1. The molecule has 0 radical (unpaired) electrons. The van der Waals surface area contributed by atoms with Crippen molar-refractivity contribution in [2.24, 2.45) is 5.92 Å². The topological polar surface area (TPSA) is 67.4 Å². The van der Waals surface area contributed by atoms with E-state index in [4.69, 9.17) is 39.5 Å². The highest BCUT2D eigenvalue weighted by molar-refractivity contribution is 6.50. The second-order valence-electron chi connectivity index (χ2n) is 6.34. The number of ether oxygens (including phenoxy) is 1.